The van der Waals surface area contributed by atoms with Gasteiger partial charge in [-0.05, 0) is 47.7 Å². The van der Waals surface area contributed by atoms with E-state index in [4.69, 9.17) is 0 Å². The molecule has 0 fully saturated rings. The summed E-state index contributed by atoms with van der Waals surface area (Å²) in [5.74, 6) is -0.147. The lowest BCUT2D eigenvalue weighted by atomic mass is 10.1. The average molecular weight is 268 g/mol. The van der Waals surface area contributed by atoms with Gasteiger partial charge in [0.05, 0.1) is 0 Å². The van der Waals surface area contributed by atoms with Crippen LogP contribution in [0.2, 0.25) is 0 Å². The van der Waals surface area contributed by atoms with Gasteiger partial charge in [0.25, 0.3) is 0 Å². The minimum Gasteiger partial charge on any atom is -0.384 e. The maximum Gasteiger partial charge on any atom is 0.125 e. The maximum absolute atomic E-state index is 13.4. The molecule has 2 aliphatic rings. The van der Waals surface area contributed by atoms with E-state index in [1.165, 1.54) is 22.4 Å². The molecule has 0 aliphatic carbocycles. The Balaban J connectivity index is 1.60. The summed E-state index contributed by atoms with van der Waals surface area (Å²) in [5.41, 5.74) is 6.27. The molecule has 102 valence electrons. The Bertz CT molecular complexity index is 666. The lowest BCUT2D eigenvalue weighted by Gasteiger charge is -2.20. The zero-order valence-electron chi connectivity index (χ0n) is 11.3. The van der Waals surface area contributed by atoms with Crippen LogP contribution in [0, 0.1) is 5.82 Å². The van der Waals surface area contributed by atoms with Crippen molar-refractivity contribution in [2.75, 3.05) is 23.3 Å². The molecule has 20 heavy (non-hydrogen) atoms. The van der Waals surface area contributed by atoms with Crippen LogP contribution >= 0.6 is 0 Å². The van der Waals surface area contributed by atoms with Crippen LogP contribution in [0.25, 0.3) is 0 Å². The molecule has 2 aromatic carbocycles. The molecule has 4 rings (SSSR count). The van der Waals surface area contributed by atoms with Gasteiger partial charge >= 0.3 is 0 Å². The predicted octanol–water partition coefficient (Wildman–Crippen LogP) is 3.36. The van der Waals surface area contributed by atoms with Gasteiger partial charge in [-0.15, -0.1) is 0 Å². The molecule has 0 bridgehead atoms. The van der Waals surface area contributed by atoms with Crippen LogP contribution in [0.15, 0.2) is 36.4 Å². The summed E-state index contributed by atoms with van der Waals surface area (Å²) >= 11 is 0. The van der Waals surface area contributed by atoms with Crippen molar-refractivity contribution >= 4 is 11.4 Å². The summed E-state index contributed by atoms with van der Waals surface area (Å²) in [6.07, 6.45) is 2.13. The van der Waals surface area contributed by atoms with Crippen LogP contribution in [-0.2, 0) is 19.4 Å². The predicted molar refractivity (Wildman–Crippen MR) is 79.8 cm³/mol. The first kappa shape index (κ1) is 11.8. The highest BCUT2D eigenvalue weighted by Gasteiger charge is 2.20. The Morgan fingerprint density at radius 2 is 1.95 bits per heavy atom. The molecule has 0 atom stereocenters. The largest absolute Gasteiger partial charge is 0.384 e. The number of nitrogens with one attached hydrogen (secondary N) is 1. The molecule has 0 aromatic heterocycles. The lowest BCUT2D eigenvalue weighted by Crippen LogP contribution is -2.19. The van der Waals surface area contributed by atoms with Crippen LogP contribution < -0.4 is 10.2 Å². The van der Waals surface area contributed by atoms with E-state index in [1.807, 2.05) is 6.07 Å². The first-order valence-electron chi connectivity index (χ1n) is 7.19. The monoisotopic (exact) mass is 268 g/mol. The molecule has 2 aliphatic heterocycles. The molecule has 2 heterocycles. The van der Waals surface area contributed by atoms with Crippen LogP contribution in [0.5, 0.6) is 0 Å². The van der Waals surface area contributed by atoms with Crippen LogP contribution in [0.4, 0.5) is 15.8 Å². The van der Waals surface area contributed by atoms with E-state index in [0.717, 1.165) is 38.2 Å². The molecular weight excluding hydrogens is 251 g/mol. The number of halogens is 1. The van der Waals surface area contributed by atoms with Crippen molar-refractivity contribution < 1.29 is 4.39 Å². The molecular formula is C17H17FN2. The Kier molecular flexibility index (Phi) is 2.66. The van der Waals surface area contributed by atoms with Gasteiger partial charge in [-0.3, -0.25) is 0 Å². The molecule has 3 heteroatoms. The fraction of sp³-hybridized carbons (Fsp3) is 0.294. The van der Waals surface area contributed by atoms with E-state index >= 15 is 0 Å². The van der Waals surface area contributed by atoms with E-state index in [9.17, 15) is 4.39 Å². The third-order valence-electron chi connectivity index (χ3n) is 4.30. The second-order valence-corrected chi connectivity index (χ2v) is 5.61. The molecule has 2 nitrogen and oxygen atoms in total. The van der Waals surface area contributed by atoms with Gasteiger partial charge in [0.1, 0.15) is 5.82 Å². The van der Waals surface area contributed by atoms with Crippen LogP contribution in [0.3, 0.4) is 0 Å². The van der Waals surface area contributed by atoms with E-state index in [2.05, 4.69) is 28.4 Å². The standard InChI is InChI=1S/C17H17FN2/c18-15-4-3-14-6-8-20(17(14)10-15)11-12-1-2-13-5-7-19-16(13)9-12/h1-4,9-10,19H,5-8,11H2. The number of rotatable bonds is 2. The highest BCUT2D eigenvalue weighted by Crippen LogP contribution is 2.31. The Hall–Kier alpha value is -2.03. The fourth-order valence-electron chi connectivity index (χ4n) is 3.24. The van der Waals surface area contributed by atoms with Gasteiger partial charge in [0, 0.05) is 31.0 Å². The normalized spacial score (nSPS) is 15.9. The number of nitrogens with zero attached hydrogens (tertiary/aromatic N) is 1. The first-order valence-corrected chi connectivity index (χ1v) is 7.19. The van der Waals surface area contributed by atoms with Crippen molar-refractivity contribution in [2.24, 2.45) is 0 Å². The minimum absolute atomic E-state index is 0.147. The van der Waals surface area contributed by atoms with Crippen LogP contribution in [-0.4, -0.2) is 13.1 Å². The highest BCUT2D eigenvalue weighted by molar-refractivity contribution is 5.60. The number of anilines is 2. The Morgan fingerprint density at radius 1 is 1.05 bits per heavy atom. The third kappa shape index (κ3) is 1.94. The summed E-state index contributed by atoms with van der Waals surface area (Å²) in [6.45, 7) is 2.87. The second kappa shape index (κ2) is 4.51. The maximum atomic E-state index is 13.4. The van der Waals surface area contributed by atoms with Crippen molar-refractivity contribution in [3.05, 3.63) is 58.9 Å². The molecule has 0 radical (unpaired) electrons. The van der Waals surface area contributed by atoms with Gasteiger partial charge in [-0.2, -0.15) is 0 Å². The number of benzene rings is 2. The van der Waals surface area contributed by atoms with Gasteiger partial charge in [0.2, 0.25) is 0 Å². The molecule has 0 amide bonds. The fourth-order valence-corrected chi connectivity index (χ4v) is 3.24. The van der Waals surface area contributed by atoms with Crippen molar-refractivity contribution in [3.63, 3.8) is 0 Å². The van der Waals surface area contributed by atoms with Gasteiger partial charge in [-0.25, -0.2) is 4.39 Å². The Labute approximate surface area is 118 Å². The van der Waals surface area contributed by atoms with Crippen molar-refractivity contribution in [3.8, 4) is 0 Å². The van der Waals surface area contributed by atoms with E-state index < -0.39 is 0 Å². The zero-order valence-corrected chi connectivity index (χ0v) is 11.3. The Morgan fingerprint density at radius 3 is 2.90 bits per heavy atom. The third-order valence-corrected chi connectivity index (χ3v) is 4.30. The first-order chi connectivity index (χ1) is 9.79. The van der Waals surface area contributed by atoms with Crippen molar-refractivity contribution in [2.45, 2.75) is 19.4 Å². The summed E-state index contributed by atoms with van der Waals surface area (Å²) in [7, 11) is 0. The topological polar surface area (TPSA) is 15.3 Å². The quantitative estimate of drug-likeness (QED) is 0.898. The van der Waals surface area contributed by atoms with E-state index in [0.29, 0.717) is 0 Å². The van der Waals surface area contributed by atoms with Gasteiger partial charge in [0.15, 0.2) is 0 Å². The number of hydrogen-bond acceptors (Lipinski definition) is 2. The smallest absolute Gasteiger partial charge is 0.125 e. The average Bonchev–Trinajstić information content (AvgIpc) is 3.05. The summed E-state index contributed by atoms with van der Waals surface area (Å²) in [5, 5.41) is 3.42. The SMILES string of the molecule is Fc1ccc2c(c1)N(Cc1ccc3c(c1)NCC3)CC2. The van der Waals surface area contributed by atoms with E-state index in [1.54, 1.807) is 12.1 Å². The van der Waals surface area contributed by atoms with Crippen molar-refractivity contribution in [1.82, 2.24) is 0 Å². The minimum atomic E-state index is -0.147. The lowest BCUT2D eigenvalue weighted by molar-refractivity contribution is 0.627. The molecule has 1 N–H and O–H groups in total. The van der Waals surface area contributed by atoms with E-state index in [-0.39, 0.29) is 5.82 Å². The molecule has 2 aromatic rings. The summed E-state index contributed by atoms with van der Waals surface area (Å²) in [4.78, 5) is 2.27. The molecule has 0 spiro atoms. The van der Waals surface area contributed by atoms with Crippen LogP contribution in [0.1, 0.15) is 16.7 Å². The summed E-state index contributed by atoms with van der Waals surface area (Å²) < 4.78 is 13.4. The number of fused-ring (bicyclic) bond motifs is 2. The molecule has 0 unspecified atom stereocenters. The zero-order chi connectivity index (χ0) is 13.5. The summed E-state index contributed by atoms with van der Waals surface area (Å²) in [6, 6.07) is 11.8. The second-order valence-electron chi connectivity index (χ2n) is 5.61. The van der Waals surface area contributed by atoms with Gasteiger partial charge in [-0.1, -0.05) is 18.2 Å². The molecule has 0 saturated heterocycles. The van der Waals surface area contributed by atoms with Crippen molar-refractivity contribution in [1.29, 1.82) is 0 Å². The highest BCUT2D eigenvalue weighted by atomic mass is 19.1. The number of hydrogen-bond donors (Lipinski definition) is 1. The molecule has 0 saturated carbocycles. The van der Waals surface area contributed by atoms with Gasteiger partial charge < -0.3 is 10.2 Å².